The molecule has 0 aliphatic carbocycles. The number of nitrogens with zero attached hydrogens (tertiary/aromatic N) is 1. The van der Waals surface area contributed by atoms with Crippen LogP contribution in [-0.4, -0.2) is 18.2 Å². The molecule has 25 heavy (non-hydrogen) atoms. The van der Waals surface area contributed by atoms with Crippen molar-refractivity contribution in [1.82, 2.24) is 5.43 Å². The molecule has 0 bridgehead atoms. The third kappa shape index (κ3) is 3.86. The van der Waals surface area contributed by atoms with Crippen LogP contribution in [0.5, 0.6) is 5.75 Å². The molecule has 0 radical (unpaired) electrons. The standard InChI is InChI=1S/C21H20N2O2/c1-3-25-18-13-11-16(12-14-18)15(2)22-23-21(24)20-10-6-8-17-7-4-5-9-19(17)20/h4-14H,3H2,1-2H3,(H,23,24). The molecule has 0 unspecified atom stereocenters. The number of hydrogen-bond donors (Lipinski definition) is 1. The summed E-state index contributed by atoms with van der Waals surface area (Å²) in [6, 6.07) is 21.1. The van der Waals surface area contributed by atoms with Crippen molar-refractivity contribution in [3.8, 4) is 5.75 Å². The lowest BCUT2D eigenvalue weighted by atomic mass is 10.0. The molecule has 0 heterocycles. The topological polar surface area (TPSA) is 50.7 Å². The zero-order valence-corrected chi connectivity index (χ0v) is 14.3. The number of carbonyl (C=O) groups is 1. The molecule has 0 aromatic heterocycles. The summed E-state index contributed by atoms with van der Waals surface area (Å²) in [6.45, 7) is 4.44. The van der Waals surface area contributed by atoms with E-state index in [9.17, 15) is 4.79 Å². The number of hydrogen-bond acceptors (Lipinski definition) is 3. The summed E-state index contributed by atoms with van der Waals surface area (Å²) >= 11 is 0. The maximum atomic E-state index is 12.5. The highest BCUT2D eigenvalue weighted by atomic mass is 16.5. The Bertz CT molecular complexity index is 909. The molecular weight excluding hydrogens is 312 g/mol. The van der Waals surface area contributed by atoms with Gasteiger partial charge in [0.2, 0.25) is 0 Å². The molecule has 0 aliphatic rings. The average molecular weight is 332 g/mol. The summed E-state index contributed by atoms with van der Waals surface area (Å²) < 4.78 is 5.43. The Labute approximate surface area is 147 Å². The number of amides is 1. The zero-order valence-electron chi connectivity index (χ0n) is 14.3. The van der Waals surface area contributed by atoms with Gasteiger partial charge in [-0.25, -0.2) is 5.43 Å². The van der Waals surface area contributed by atoms with Crippen molar-refractivity contribution in [3.05, 3.63) is 77.9 Å². The van der Waals surface area contributed by atoms with Gasteiger partial charge in [-0.05, 0) is 60.5 Å². The predicted octanol–water partition coefficient (Wildman–Crippen LogP) is 4.39. The molecule has 4 heteroatoms. The van der Waals surface area contributed by atoms with Crippen molar-refractivity contribution in [2.75, 3.05) is 6.61 Å². The summed E-state index contributed by atoms with van der Waals surface area (Å²) in [4.78, 5) is 12.5. The average Bonchev–Trinajstić information content (AvgIpc) is 2.66. The van der Waals surface area contributed by atoms with E-state index in [0.29, 0.717) is 12.2 Å². The highest BCUT2D eigenvalue weighted by Gasteiger charge is 2.09. The third-order valence-electron chi connectivity index (χ3n) is 3.94. The second kappa shape index (κ2) is 7.62. The summed E-state index contributed by atoms with van der Waals surface area (Å²) in [5.41, 5.74) is 4.92. The summed E-state index contributed by atoms with van der Waals surface area (Å²) in [6.07, 6.45) is 0. The van der Waals surface area contributed by atoms with E-state index in [0.717, 1.165) is 27.8 Å². The van der Waals surface area contributed by atoms with Crippen LogP contribution < -0.4 is 10.2 Å². The van der Waals surface area contributed by atoms with Crippen LogP contribution in [0.15, 0.2) is 71.8 Å². The number of benzene rings is 3. The monoisotopic (exact) mass is 332 g/mol. The molecule has 3 rings (SSSR count). The Morgan fingerprint density at radius 1 is 1.00 bits per heavy atom. The Balaban J connectivity index is 1.77. The number of ether oxygens (including phenoxy) is 1. The van der Waals surface area contributed by atoms with E-state index in [4.69, 9.17) is 4.74 Å². The lowest BCUT2D eigenvalue weighted by molar-refractivity contribution is 0.0956. The third-order valence-corrected chi connectivity index (χ3v) is 3.94. The summed E-state index contributed by atoms with van der Waals surface area (Å²) in [5.74, 6) is 0.598. The second-order valence-electron chi connectivity index (χ2n) is 5.62. The van der Waals surface area contributed by atoms with Crippen molar-refractivity contribution in [2.45, 2.75) is 13.8 Å². The fourth-order valence-electron chi connectivity index (χ4n) is 2.64. The van der Waals surface area contributed by atoms with Crippen molar-refractivity contribution in [3.63, 3.8) is 0 Å². The number of carbonyl (C=O) groups excluding carboxylic acids is 1. The van der Waals surface area contributed by atoms with E-state index in [2.05, 4.69) is 10.5 Å². The highest BCUT2D eigenvalue weighted by Crippen LogP contribution is 2.18. The SMILES string of the molecule is CCOc1ccc(C(C)=NNC(=O)c2cccc3ccccc23)cc1. The maximum Gasteiger partial charge on any atom is 0.272 e. The first-order valence-corrected chi connectivity index (χ1v) is 8.24. The largest absolute Gasteiger partial charge is 0.494 e. The Morgan fingerprint density at radius 2 is 1.72 bits per heavy atom. The Kier molecular flexibility index (Phi) is 5.09. The van der Waals surface area contributed by atoms with Crippen molar-refractivity contribution < 1.29 is 9.53 Å². The molecule has 0 spiro atoms. The van der Waals surface area contributed by atoms with E-state index in [1.807, 2.05) is 74.5 Å². The van der Waals surface area contributed by atoms with Gasteiger partial charge in [0.05, 0.1) is 12.3 Å². The Hall–Kier alpha value is -3.14. The van der Waals surface area contributed by atoms with E-state index in [-0.39, 0.29) is 5.91 Å². The molecule has 0 saturated heterocycles. The van der Waals surface area contributed by atoms with Crippen LogP contribution in [0.4, 0.5) is 0 Å². The molecule has 0 aliphatic heterocycles. The van der Waals surface area contributed by atoms with Gasteiger partial charge in [0.25, 0.3) is 5.91 Å². The molecule has 126 valence electrons. The minimum Gasteiger partial charge on any atom is -0.494 e. The summed E-state index contributed by atoms with van der Waals surface area (Å²) in [7, 11) is 0. The first-order valence-electron chi connectivity index (χ1n) is 8.24. The number of hydrazone groups is 1. The van der Waals surface area contributed by atoms with Crippen LogP contribution >= 0.6 is 0 Å². The van der Waals surface area contributed by atoms with Crippen LogP contribution in [0, 0.1) is 0 Å². The van der Waals surface area contributed by atoms with Gasteiger partial charge in [0.15, 0.2) is 0 Å². The fourth-order valence-corrected chi connectivity index (χ4v) is 2.64. The van der Waals surface area contributed by atoms with Crippen molar-refractivity contribution in [2.24, 2.45) is 5.10 Å². The smallest absolute Gasteiger partial charge is 0.272 e. The Morgan fingerprint density at radius 3 is 2.48 bits per heavy atom. The summed E-state index contributed by atoms with van der Waals surface area (Å²) in [5, 5.41) is 6.17. The van der Waals surface area contributed by atoms with E-state index < -0.39 is 0 Å². The quantitative estimate of drug-likeness (QED) is 0.556. The van der Waals surface area contributed by atoms with Gasteiger partial charge in [-0.15, -0.1) is 0 Å². The van der Waals surface area contributed by atoms with Crippen LogP contribution in [0.25, 0.3) is 10.8 Å². The van der Waals surface area contributed by atoms with Crippen molar-refractivity contribution in [1.29, 1.82) is 0 Å². The zero-order chi connectivity index (χ0) is 17.6. The highest BCUT2D eigenvalue weighted by molar-refractivity contribution is 6.07. The van der Waals surface area contributed by atoms with E-state index >= 15 is 0 Å². The first kappa shape index (κ1) is 16.7. The van der Waals surface area contributed by atoms with Gasteiger partial charge in [-0.3, -0.25) is 4.79 Å². The molecule has 0 atom stereocenters. The molecule has 0 fully saturated rings. The molecule has 1 N–H and O–H groups in total. The van der Waals surface area contributed by atoms with Crippen LogP contribution in [0.3, 0.4) is 0 Å². The fraction of sp³-hybridized carbons (Fsp3) is 0.143. The lowest BCUT2D eigenvalue weighted by Crippen LogP contribution is -2.19. The minimum absolute atomic E-state index is 0.220. The van der Waals surface area contributed by atoms with E-state index in [1.165, 1.54) is 0 Å². The van der Waals surface area contributed by atoms with Gasteiger partial charge >= 0.3 is 0 Å². The van der Waals surface area contributed by atoms with Crippen LogP contribution in [-0.2, 0) is 0 Å². The molecule has 3 aromatic rings. The number of fused-ring (bicyclic) bond motifs is 1. The predicted molar refractivity (Wildman–Crippen MR) is 101 cm³/mol. The maximum absolute atomic E-state index is 12.5. The molecule has 3 aromatic carbocycles. The normalized spacial score (nSPS) is 11.4. The van der Waals surface area contributed by atoms with Crippen molar-refractivity contribution >= 4 is 22.4 Å². The number of nitrogens with one attached hydrogen (secondary N) is 1. The number of rotatable bonds is 5. The minimum atomic E-state index is -0.220. The van der Waals surface area contributed by atoms with E-state index in [1.54, 1.807) is 6.07 Å². The van der Waals surface area contributed by atoms with Gasteiger partial charge in [0.1, 0.15) is 5.75 Å². The second-order valence-corrected chi connectivity index (χ2v) is 5.62. The van der Waals surface area contributed by atoms with Crippen LogP contribution in [0.2, 0.25) is 0 Å². The van der Waals surface area contributed by atoms with Gasteiger partial charge in [-0.2, -0.15) is 5.10 Å². The lowest BCUT2D eigenvalue weighted by Gasteiger charge is -2.07. The molecular formula is C21H20N2O2. The first-order chi connectivity index (χ1) is 12.2. The molecule has 4 nitrogen and oxygen atoms in total. The van der Waals surface area contributed by atoms with Crippen LogP contribution in [0.1, 0.15) is 29.8 Å². The molecule has 0 saturated carbocycles. The van der Waals surface area contributed by atoms with Gasteiger partial charge in [-0.1, -0.05) is 36.4 Å². The molecule has 1 amide bonds. The van der Waals surface area contributed by atoms with Gasteiger partial charge < -0.3 is 4.74 Å². The van der Waals surface area contributed by atoms with Gasteiger partial charge in [0, 0.05) is 5.56 Å².